The van der Waals surface area contributed by atoms with Gasteiger partial charge < -0.3 is 25.0 Å². The number of nitrogens with zero attached hydrogens (tertiary/aromatic N) is 4. The predicted octanol–water partition coefficient (Wildman–Crippen LogP) is -0.618. The van der Waals surface area contributed by atoms with Crippen LogP contribution in [0.15, 0.2) is 80.1 Å². The monoisotopic (exact) mass is 815 g/mol. The zero-order chi connectivity index (χ0) is 43.0. The number of carbonyl (C=O) groups excluding carboxylic acids is 4. The van der Waals surface area contributed by atoms with E-state index in [4.69, 9.17) is 4.74 Å². The predicted molar refractivity (Wildman–Crippen MR) is 211 cm³/mol. The number of H-pyrrole nitrogens is 2. The highest BCUT2D eigenvalue weighted by molar-refractivity contribution is 5.85. The van der Waals surface area contributed by atoms with Gasteiger partial charge in [-0.3, -0.25) is 53.3 Å². The molecule has 2 heterocycles. The molecule has 20 nitrogen and oxygen atoms in total. The van der Waals surface area contributed by atoms with Crippen LogP contribution in [0.4, 0.5) is 4.79 Å². The van der Waals surface area contributed by atoms with Crippen LogP contribution in [0.2, 0.25) is 0 Å². The lowest BCUT2D eigenvalue weighted by Crippen LogP contribution is -2.54. The van der Waals surface area contributed by atoms with E-state index in [2.05, 4.69) is 26.1 Å². The molecule has 20 heteroatoms. The number of amides is 4. The van der Waals surface area contributed by atoms with Gasteiger partial charge in [0.1, 0.15) is 32.8 Å². The van der Waals surface area contributed by atoms with Gasteiger partial charge in [-0.25, -0.2) is 19.8 Å². The number of benzene rings is 2. The maximum absolute atomic E-state index is 13.6. The third kappa shape index (κ3) is 11.1. The Kier molecular flexibility index (Phi) is 13.8. The molecule has 2 aromatic heterocycles. The second-order valence-electron chi connectivity index (χ2n) is 14.3. The molecule has 312 valence electrons. The lowest BCUT2D eigenvalue weighted by atomic mass is 9.98. The first kappa shape index (κ1) is 43.0. The molecule has 1 aliphatic rings. The number of aliphatic carboxylic acids is 1. The van der Waals surface area contributed by atoms with Gasteiger partial charge in [0.2, 0.25) is 11.8 Å². The minimum Gasteiger partial charge on any atom is -0.480 e. The van der Waals surface area contributed by atoms with Gasteiger partial charge >= 0.3 is 23.4 Å². The van der Waals surface area contributed by atoms with Crippen molar-refractivity contribution in [1.29, 1.82) is 0 Å². The molecule has 4 aromatic rings. The van der Waals surface area contributed by atoms with Gasteiger partial charge in [0.05, 0.1) is 0 Å². The van der Waals surface area contributed by atoms with Crippen LogP contribution in [-0.2, 0) is 37.0 Å². The first-order valence-electron chi connectivity index (χ1n) is 18.5. The Morgan fingerprint density at radius 2 is 1.22 bits per heavy atom. The number of aromatic nitrogens is 4. The van der Waals surface area contributed by atoms with Crippen molar-refractivity contribution in [3.05, 3.63) is 125 Å². The van der Waals surface area contributed by atoms with E-state index in [1.54, 1.807) is 6.92 Å². The molecule has 0 bridgehead atoms. The van der Waals surface area contributed by atoms with Gasteiger partial charge in [0.15, 0.2) is 0 Å². The summed E-state index contributed by atoms with van der Waals surface area (Å²) in [4.78, 5) is 119. The summed E-state index contributed by atoms with van der Waals surface area (Å²) in [6, 6.07) is 14.2. The number of carbonyl (C=O) groups is 5. The molecule has 5 rings (SSSR count). The second kappa shape index (κ2) is 18.9. The van der Waals surface area contributed by atoms with Crippen molar-refractivity contribution in [3.63, 3.8) is 0 Å². The van der Waals surface area contributed by atoms with Crippen molar-refractivity contribution < 1.29 is 33.8 Å². The van der Waals surface area contributed by atoms with Crippen molar-refractivity contribution in [2.75, 3.05) is 32.8 Å². The molecule has 2 atom stereocenters. The number of hydrogen-bond acceptors (Lipinski definition) is 11. The summed E-state index contributed by atoms with van der Waals surface area (Å²) in [5.74, 6) is -3.77. The van der Waals surface area contributed by atoms with Crippen molar-refractivity contribution in [1.82, 2.24) is 45.1 Å². The van der Waals surface area contributed by atoms with Crippen LogP contribution in [-0.4, -0.2) is 109 Å². The minimum absolute atomic E-state index is 0.0385. The first-order valence-corrected chi connectivity index (χ1v) is 18.5. The molecule has 0 aliphatic heterocycles. The van der Waals surface area contributed by atoms with Gasteiger partial charge in [0.25, 0.3) is 17.0 Å². The molecule has 0 fully saturated rings. The van der Waals surface area contributed by atoms with E-state index < -0.39 is 90.5 Å². The Morgan fingerprint density at radius 3 is 1.73 bits per heavy atom. The molecule has 0 spiro atoms. The van der Waals surface area contributed by atoms with Crippen LogP contribution < -0.4 is 38.7 Å². The van der Waals surface area contributed by atoms with Crippen LogP contribution in [0, 0.1) is 13.8 Å². The fraction of sp³-hybridized carbons (Fsp3) is 0.359. The number of nitrogens with one attached hydrogen (secondary N) is 5. The van der Waals surface area contributed by atoms with E-state index in [-0.39, 0.29) is 36.7 Å². The topological polar surface area (TPSA) is 267 Å². The average Bonchev–Trinajstić information content (AvgIpc) is 3.50. The third-order valence-corrected chi connectivity index (χ3v) is 9.51. The fourth-order valence-electron chi connectivity index (χ4n) is 6.65. The van der Waals surface area contributed by atoms with Crippen molar-refractivity contribution in [2.45, 2.75) is 58.8 Å². The highest BCUT2D eigenvalue weighted by atomic mass is 16.5. The molecule has 0 saturated heterocycles. The Morgan fingerprint density at radius 1 is 0.746 bits per heavy atom. The number of ether oxygens (including phenoxy) is 1. The molecule has 0 saturated carbocycles. The largest absolute Gasteiger partial charge is 0.480 e. The summed E-state index contributed by atoms with van der Waals surface area (Å²) in [5, 5.41) is 12.1. The lowest BCUT2D eigenvalue weighted by molar-refractivity contribution is -0.145. The van der Waals surface area contributed by atoms with Gasteiger partial charge in [0, 0.05) is 54.6 Å². The van der Waals surface area contributed by atoms with Crippen LogP contribution in [0.25, 0.3) is 11.1 Å². The van der Waals surface area contributed by atoms with Gasteiger partial charge in [-0.05, 0) is 49.9 Å². The number of hydrogen-bond donors (Lipinski definition) is 6. The van der Waals surface area contributed by atoms with Crippen LogP contribution in [0.3, 0.4) is 0 Å². The number of alkyl carbamates (subject to hydrolysis) is 1. The molecule has 0 unspecified atom stereocenters. The maximum atomic E-state index is 13.6. The van der Waals surface area contributed by atoms with Crippen molar-refractivity contribution >= 4 is 29.8 Å². The first-order chi connectivity index (χ1) is 28.0. The molecule has 0 radical (unpaired) electrons. The Bertz CT molecular complexity index is 2440. The van der Waals surface area contributed by atoms with Crippen LogP contribution in [0.5, 0.6) is 0 Å². The molecule has 2 aromatic carbocycles. The van der Waals surface area contributed by atoms with E-state index >= 15 is 0 Å². The maximum Gasteiger partial charge on any atom is 0.407 e. The average molecular weight is 816 g/mol. The third-order valence-electron chi connectivity index (χ3n) is 9.51. The zero-order valence-electron chi connectivity index (χ0n) is 32.8. The number of hydrazine groups is 1. The van der Waals surface area contributed by atoms with Crippen LogP contribution >= 0.6 is 0 Å². The summed E-state index contributed by atoms with van der Waals surface area (Å²) in [5.41, 5.74) is 6.61. The summed E-state index contributed by atoms with van der Waals surface area (Å²) < 4.78 is 7.55. The van der Waals surface area contributed by atoms with E-state index in [1.807, 2.05) is 48.5 Å². The smallest absolute Gasteiger partial charge is 0.407 e. The van der Waals surface area contributed by atoms with Crippen LogP contribution in [0.1, 0.15) is 42.0 Å². The Labute approximate surface area is 335 Å². The number of carboxylic acids is 1. The Balaban J connectivity index is 1.21. The molecule has 6 N–H and O–H groups in total. The summed E-state index contributed by atoms with van der Waals surface area (Å²) in [7, 11) is 0. The second-order valence-corrected chi connectivity index (χ2v) is 14.3. The SMILES string of the molecule is Cc1cn(CC(=O)N(CC(=O)O)C[C@H](C)NNC(=O)CN(C[C@H](C)NC(=O)OCC2c3ccccc3-c3ccccc32)C(=O)Cn2cc(C)c(=O)[nH]c2=O)c(=O)[nH]c1=O. The number of carboxylic acid groups (broad SMARTS) is 1. The lowest BCUT2D eigenvalue weighted by Gasteiger charge is -2.28. The van der Waals surface area contributed by atoms with Crippen molar-refractivity contribution in [3.8, 4) is 11.1 Å². The normalized spacial score (nSPS) is 12.7. The van der Waals surface area contributed by atoms with Crippen molar-refractivity contribution in [2.24, 2.45) is 0 Å². The fourth-order valence-corrected chi connectivity index (χ4v) is 6.65. The molecule has 1 aliphatic carbocycles. The minimum atomic E-state index is -1.34. The Hall–Kier alpha value is -7.09. The van der Waals surface area contributed by atoms with E-state index in [9.17, 15) is 48.3 Å². The highest BCUT2D eigenvalue weighted by Gasteiger charge is 2.30. The number of aromatic amines is 2. The standard InChI is InChI=1S/C39H45N9O11/c1-22-13-47(37(56)41-35(22)54)18-32(50)45(15-24(3)40-39(58)59-21-30-28-11-7-5-9-26(28)27-10-6-8-12-29(27)30)17-31(49)44-43-25(4)16-46(20-34(52)53)33(51)19-48-14-23(2)36(55)42-38(48)57/h5-14,24-25,30,43H,15-21H2,1-4H3,(H,40,58)(H,44,49)(H,52,53)(H,41,54,56)(H,42,55,57)/t24-,25-/m0/s1. The summed E-state index contributed by atoms with van der Waals surface area (Å²) in [6.07, 6.45) is 1.62. The molecule has 59 heavy (non-hydrogen) atoms. The quantitative estimate of drug-likeness (QED) is 0.0729. The van der Waals surface area contributed by atoms with Gasteiger partial charge in [-0.1, -0.05) is 48.5 Å². The highest BCUT2D eigenvalue weighted by Crippen LogP contribution is 2.44. The van der Waals surface area contributed by atoms with E-state index in [0.29, 0.717) is 0 Å². The number of rotatable bonds is 17. The molecular weight excluding hydrogens is 770 g/mol. The molecule has 4 amide bonds. The summed E-state index contributed by atoms with van der Waals surface area (Å²) >= 11 is 0. The van der Waals surface area contributed by atoms with Gasteiger partial charge in [-0.2, -0.15) is 0 Å². The van der Waals surface area contributed by atoms with E-state index in [1.165, 1.54) is 33.2 Å². The summed E-state index contributed by atoms with van der Waals surface area (Å²) in [6.45, 7) is 3.13. The van der Waals surface area contributed by atoms with E-state index in [0.717, 1.165) is 41.2 Å². The zero-order valence-corrected chi connectivity index (χ0v) is 32.8. The van der Waals surface area contributed by atoms with Gasteiger partial charge in [-0.15, -0.1) is 0 Å². The molecular formula is C39H45N9O11. The number of aryl methyl sites for hydroxylation is 2. The number of fused-ring (bicyclic) bond motifs is 3.